The molecule has 0 aromatic heterocycles. The van der Waals surface area contributed by atoms with Gasteiger partial charge < -0.3 is 19.5 Å². The first-order chi connectivity index (χ1) is 17.0. The molecule has 1 amide bonds. The standard InChI is InChI=1S/C27H22N2O6/c1-3-34-24-16-18(13-14-23(24)35-26(31)19-9-5-4-6-10-19)15-20(17-28)25(30)29-22-12-8-7-11-21(22)27(32)33-2/h4-16H,3H2,1-2H3,(H,29,30)/b20-15+. The summed E-state index contributed by atoms with van der Waals surface area (Å²) in [7, 11) is 1.23. The number of nitriles is 1. The van der Waals surface area contributed by atoms with E-state index in [9.17, 15) is 19.6 Å². The number of nitrogens with zero attached hydrogens (tertiary/aromatic N) is 1. The molecule has 0 saturated heterocycles. The van der Waals surface area contributed by atoms with Crippen molar-refractivity contribution >= 4 is 29.6 Å². The number of nitrogens with one attached hydrogen (secondary N) is 1. The lowest BCUT2D eigenvalue weighted by Gasteiger charge is -2.12. The number of esters is 2. The molecular formula is C27H22N2O6. The number of para-hydroxylation sites is 1. The van der Waals surface area contributed by atoms with Crippen LogP contribution in [-0.4, -0.2) is 31.6 Å². The first-order valence-electron chi connectivity index (χ1n) is 10.6. The molecule has 0 radical (unpaired) electrons. The van der Waals surface area contributed by atoms with Gasteiger partial charge in [0.2, 0.25) is 0 Å². The highest BCUT2D eigenvalue weighted by molar-refractivity contribution is 6.12. The highest BCUT2D eigenvalue weighted by Crippen LogP contribution is 2.30. The van der Waals surface area contributed by atoms with Gasteiger partial charge in [0.25, 0.3) is 5.91 Å². The third kappa shape index (κ3) is 6.33. The van der Waals surface area contributed by atoms with Gasteiger partial charge in [-0.15, -0.1) is 0 Å². The van der Waals surface area contributed by atoms with Crippen LogP contribution in [-0.2, 0) is 9.53 Å². The molecule has 3 aromatic rings. The Kier molecular flexibility index (Phi) is 8.35. The normalized spacial score (nSPS) is 10.6. The summed E-state index contributed by atoms with van der Waals surface area (Å²) in [5.74, 6) is -1.39. The average molecular weight is 470 g/mol. The lowest BCUT2D eigenvalue weighted by Crippen LogP contribution is -2.16. The van der Waals surface area contributed by atoms with Gasteiger partial charge in [0.15, 0.2) is 11.5 Å². The molecule has 8 heteroatoms. The van der Waals surface area contributed by atoms with Gasteiger partial charge in [0.1, 0.15) is 11.6 Å². The number of hydrogen-bond acceptors (Lipinski definition) is 7. The zero-order valence-corrected chi connectivity index (χ0v) is 19.1. The van der Waals surface area contributed by atoms with Crippen molar-refractivity contribution in [3.8, 4) is 17.6 Å². The summed E-state index contributed by atoms with van der Waals surface area (Å²) >= 11 is 0. The Labute approximate surface area is 202 Å². The Hall–Kier alpha value is -4.90. The molecule has 0 unspecified atom stereocenters. The van der Waals surface area contributed by atoms with Gasteiger partial charge in [0, 0.05) is 0 Å². The monoisotopic (exact) mass is 470 g/mol. The van der Waals surface area contributed by atoms with E-state index >= 15 is 0 Å². The minimum Gasteiger partial charge on any atom is -0.490 e. The number of hydrogen-bond donors (Lipinski definition) is 1. The zero-order valence-electron chi connectivity index (χ0n) is 19.1. The molecule has 0 spiro atoms. The van der Waals surface area contributed by atoms with Gasteiger partial charge >= 0.3 is 11.9 Å². The van der Waals surface area contributed by atoms with Crippen LogP contribution in [0.25, 0.3) is 6.08 Å². The molecule has 0 fully saturated rings. The maximum absolute atomic E-state index is 12.7. The van der Waals surface area contributed by atoms with E-state index in [1.165, 1.54) is 31.4 Å². The number of carbonyl (C=O) groups is 3. The lowest BCUT2D eigenvalue weighted by atomic mass is 10.1. The van der Waals surface area contributed by atoms with Crippen LogP contribution in [0.5, 0.6) is 11.5 Å². The number of anilines is 1. The van der Waals surface area contributed by atoms with Crippen LogP contribution in [0.2, 0.25) is 0 Å². The predicted molar refractivity (Wildman–Crippen MR) is 129 cm³/mol. The highest BCUT2D eigenvalue weighted by atomic mass is 16.6. The van der Waals surface area contributed by atoms with Gasteiger partial charge in [0.05, 0.1) is 30.5 Å². The Morgan fingerprint density at radius 1 is 0.943 bits per heavy atom. The van der Waals surface area contributed by atoms with Crippen LogP contribution >= 0.6 is 0 Å². The van der Waals surface area contributed by atoms with E-state index < -0.39 is 17.8 Å². The molecule has 35 heavy (non-hydrogen) atoms. The van der Waals surface area contributed by atoms with E-state index in [4.69, 9.17) is 14.2 Å². The van der Waals surface area contributed by atoms with Crippen molar-refractivity contribution in [1.82, 2.24) is 0 Å². The minimum atomic E-state index is -0.707. The van der Waals surface area contributed by atoms with Crippen molar-refractivity contribution in [1.29, 1.82) is 5.26 Å². The maximum Gasteiger partial charge on any atom is 0.343 e. The largest absolute Gasteiger partial charge is 0.490 e. The zero-order chi connectivity index (χ0) is 25.2. The van der Waals surface area contributed by atoms with Gasteiger partial charge in [-0.2, -0.15) is 5.26 Å². The Morgan fingerprint density at radius 2 is 1.66 bits per heavy atom. The molecule has 0 aliphatic carbocycles. The molecule has 0 atom stereocenters. The summed E-state index contributed by atoms with van der Waals surface area (Å²) in [5, 5.41) is 12.1. The second-order valence-electron chi connectivity index (χ2n) is 7.06. The van der Waals surface area contributed by atoms with E-state index in [0.717, 1.165) is 0 Å². The van der Waals surface area contributed by atoms with E-state index in [2.05, 4.69) is 5.32 Å². The maximum atomic E-state index is 12.7. The molecule has 0 heterocycles. The summed E-state index contributed by atoms with van der Waals surface area (Å²) in [6.07, 6.45) is 1.36. The molecule has 0 saturated carbocycles. The number of rotatable bonds is 8. The van der Waals surface area contributed by atoms with Gasteiger partial charge in [-0.25, -0.2) is 9.59 Å². The third-order valence-corrected chi connectivity index (χ3v) is 4.74. The molecule has 0 aliphatic rings. The van der Waals surface area contributed by atoms with Crippen molar-refractivity contribution in [3.63, 3.8) is 0 Å². The van der Waals surface area contributed by atoms with Crippen molar-refractivity contribution < 1.29 is 28.6 Å². The fraction of sp³-hybridized carbons (Fsp3) is 0.111. The van der Waals surface area contributed by atoms with E-state index in [1.807, 2.05) is 6.07 Å². The molecular weight excluding hydrogens is 448 g/mol. The summed E-state index contributed by atoms with van der Waals surface area (Å²) in [6, 6.07) is 21.3. The molecule has 176 valence electrons. The Balaban J connectivity index is 1.85. The first-order valence-corrected chi connectivity index (χ1v) is 10.6. The van der Waals surface area contributed by atoms with E-state index in [-0.39, 0.29) is 28.3 Å². The van der Waals surface area contributed by atoms with Crippen molar-refractivity contribution in [2.75, 3.05) is 19.0 Å². The second-order valence-corrected chi connectivity index (χ2v) is 7.06. The summed E-state index contributed by atoms with van der Waals surface area (Å²) in [4.78, 5) is 37.1. The van der Waals surface area contributed by atoms with Crippen LogP contribution in [0, 0.1) is 11.3 Å². The number of amides is 1. The van der Waals surface area contributed by atoms with Crippen LogP contribution in [0.15, 0.2) is 78.4 Å². The third-order valence-electron chi connectivity index (χ3n) is 4.74. The van der Waals surface area contributed by atoms with Crippen molar-refractivity contribution in [2.24, 2.45) is 0 Å². The first kappa shape index (κ1) is 24.7. The topological polar surface area (TPSA) is 115 Å². The number of benzene rings is 3. The SMILES string of the molecule is CCOc1cc(/C=C(\C#N)C(=O)Nc2ccccc2C(=O)OC)ccc1OC(=O)c1ccccc1. The smallest absolute Gasteiger partial charge is 0.343 e. The van der Waals surface area contributed by atoms with Gasteiger partial charge in [-0.1, -0.05) is 36.4 Å². The van der Waals surface area contributed by atoms with E-state index in [0.29, 0.717) is 17.7 Å². The second kappa shape index (κ2) is 11.8. The fourth-order valence-electron chi connectivity index (χ4n) is 3.09. The fourth-order valence-corrected chi connectivity index (χ4v) is 3.09. The minimum absolute atomic E-state index is 0.156. The quantitative estimate of drug-likeness (QED) is 0.221. The summed E-state index contributed by atoms with van der Waals surface area (Å²) < 4.78 is 15.8. The molecule has 1 N–H and O–H groups in total. The molecule has 0 bridgehead atoms. The number of carbonyl (C=O) groups excluding carboxylic acids is 3. The summed E-state index contributed by atoms with van der Waals surface area (Å²) in [6.45, 7) is 2.08. The van der Waals surface area contributed by atoms with Gasteiger partial charge in [-0.05, 0) is 55.0 Å². The van der Waals surface area contributed by atoms with E-state index in [1.54, 1.807) is 61.5 Å². The molecule has 8 nitrogen and oxygen atoms in total. The van der Waals surface area contributed by atoms with Crippen molar-refractivity contribution in [3.05, 3.63) is 95.1 Å². The average Bonchev–Trinajstić information content (AvgIpc) is 2.89. The van der Waals surface area contributed by atoms with Gasteiger partial charge in [-0.3, -0.25) is 4.79 Å². The van der Waals surface area contributed by atoms with Crippen LogP contribution in [0.3, 0.4) is 0 Å². The lowest BCUT2D eigenvalue weighted by molar-refractivity contribution is -0.112. The van der Waals surface area contributed by atoms with Crippen LogP contribution in [0.1, 0.15) is 33.2 Å². The predicted octanol–water partition coefficient (Wildman–Crippen LogP) is 4.64. The molecule has 0 aliphatic heterocycles. The number of ether oxygens (including phenoxy) is 3. The highest BCUT2D eigenvalue weighted by Gasteiger charge is 2.17. The Morgan fingerprint density at radius 3 is 2.34 bits per heavy atom. The molecule has 3 aromatic carbocycles. The van der Waals surface area contributed by atoms with Crippen LogP contribution in [0.4, 0.5) is 5.69 Å². The van der Waals surface area contributed by atoms with Crippen molar-refractivity contribution in [2.45, 2.75) is 6.92 Å². The number of methoxy groups -OCH3 is 1. The summed E-state index contributed by atoms with van der Waals surface area (Å²) in [5.41, 5.74) is 1.02. The molecule has 3 rings (SSSR count). The van der Waals surface area contributed by atoms with Crippen LogP contribution < -0.4 is 14.8 Å². The Bertz CT molecular complexity index is 1310.